The average molecular weight is 383 g/mol. The number of fused-ring (bicyclic) bond motifs is 1. The number of hydrogen-bond donors (Lipinski definition) is 0. The van der Waals surface area contributed by atoms with Crippen molar-refractivity contribution in [3.05, 3.63) is 95.8 Å². The Bertz CT molecular complexity index is 1110. The zero-order valence-corrected chi connectivity index (χ0v) is 17.2. The van der Waals surface area contributed by atoms with Crippen molar-refractivity contribution in [2.75, 3.05) is 0 Å². The molecule has 0 aliphatic carbocycles. The third-order valence-corrected chi connectivity index (χ3v) is 5.67. The fourth-order valence-electron chi connectivity index (χ4n) is 3.89. The lowest BCUT2D eigenvalue weighted by Crippen LogP contribution is -1.90. The molecule has 0 unspecified atom stereocenters. The van der Waals surface area contributed by atoms with E-state index in [9.17, 15) is 0 Å². The van der Waals surface area contributed by atoms with Crippen molar-refractivity contribution >= 4 is 10.8 Å². The summed E-state index contributed by atoms with van der Waals surface area (Å²) in [6.07, 6.45) is 4.71. The molecule has 0 amide bonds. The molecule has 0 aromatic heterocycles. The first-order chi connectivity index (χ1) is 14.2. The lowest BCUT2D eigenvalue weighted by molar-refractivity contribution is 0.643. The van der Waals surface area contributed by atoms with Crippen LogP contribution in [0.1, 0.15) is 37.3 Å². The van der Waals surface area contributed by atoms with Crippen molar-refractivity contribution in [3.8, 4) is 22.3 Å². The first-order valence-corrected chi connectivity index (χ1v) is 10.5. The van der Waals surface area contributed by atoms with Gasteiger partial charge in [0.05, 0.1) is 0 Å². The molecule has 0 aliphatic rings. The molecule has 0 N–H and O–H groups in total. The summed E-state index contributed by atoms with van der Waals surface area (Å²) in [5.41, 5.74) is 6.43. The van der Waals surface area contributed by atoms with Crippen LogP contribution in [-0.2, 0) is 6.42 Å². The van der Waals surface area contributed by atoms with Gasteiger partial charge in [0, 0.05) is 10.9 Å². The molecule has 1 heteroatoms. The third-order valence-electron chi connectivity index (χ3n) is 5.67. The Labute approximate surface area is 173 Å². The highest BCUT2D eigenvalue weighted by molar-refractivity contribution is 5.89. The second kappa shape index (κ2) is 8.61. The van der Waals surface area contributed by atoms with Crippen molar-refractivity contribution in [3.63, 3.8) is 0 Å². The Morgan fingerprint density at radius 3 is 2.03 bits per heavy atom. The highest BCUT2D eigenvalue weighted by Crippen LogP contribution is 2.31. The second-order valence-electron chi connectivity index (χ2n) is 7.88. The number of unbranched alkanes of at least 4 members (excludes halogenated alkanes) is 2. The van der Waals surface area contributed by atoms with Crippen LogP contribution in [0.25, 0.3) is 33.0 Å². The maximum Gasteiger partial charge on any atom is 0.138 e. The van der Waals surface area contributed by atoms with Crippen molar-refractivity contribution in [1.29, 1.82) is 0 Å². The van der Waals surface area contributed by atoms with E-state index in [1.807, 2.05) is 30.3 Å². The molecule has 0 bridgehead atoms. The highest BCUT2D eigenvalue weighted by Gasteiger charge is 2.10. The van der Waals surface area contributed by atoms with Gasteiger partial charge in [-0.1, -0.05) is 104 Å². The minimum atomic E-state index is -0.134. The van der Waals surface area contributed by atoms with Crippen LogP contribution in [0.2, 0.25) is 0 Å². The van der Waals surface area contributed by atoms with Crippen molar-refractivity contribution in [2.24, 2.45) is 0 Å². The van der Waals surface area contributed by atoms with Gasteiger partial charge in [0.1, 0.15) is 5.82 Å². The summed E-state index contributed by atoms with van der Waals surface area (Å²) >= 11 is 0. The van der Waals surface area contributed by atoms with E-state index in [0.717, 1.165) is 22.9 Å². The van der Waals surface area contributed by atoms with Crippen LogP contribution in [0.5, 0.6) is 0 Å². The molecule has 0 fully saturated rings. The van der Waals surface area contributed by atoms with E-state index in [0.29, 0.717) is 10.9 Å². The third kappa shape index (κ3) is 4.24. The molecule has 4 rings (SSSR count). The summed E-state index contributed by atoms with van der Waals surface area (Å²) in [6, 6.07) is 26.8. The van der Waals surface area contributed by atoms with E-state index in [-0.39, 0.29) is 5.82 Å². The molecule has 0 nitrogen and oxygen atoms in total. The van der Waals surface area contributed by atoms with Crippen LogP contribution in [-0.4, -0.2) is 0 Å². The van der Waals surface area contributed by atoms with Crippen LogP contribution in [0.15, 0.2) is 78.9 Å². The van der Waals surface area contributed by atoms with Gasteiger partial charge in [-0.25, -0.2) is 4.39 Å². The van der Waals surface area contributed by atoms with Gasteiger partial charge in [-0.15, -0.1) is 0 Å². The lowest BCUT2D eigenvalue weighted by atomic mass is 9.96. The quantitative estimate of drug-likeness (QED) is 0.294. The topological polar surface area (TPSA) is 0 Å². The maximum absolute atomic E-state index is 15.3. The van der Waals surface area contributed by atoms with Gasteiger partial charge in [0.25, 0.3) is 0 Å². The predicted molar refractivity (Wildman–Crippen MR) is 123 cm³/mol. The first-order valence-electron chi connectivity index (χ1n) is 10.5. The Morgan fingerprint density at radius 2 is 1.34 bits per heavy atom. The summed E-state index contributed by atoms with van der Waals surface area (Å²) in [7, 11) is 0. The van der Waals surface area contributed by atoms with Gasteiger partial charge in [0.15, 0.2) is 0 Å². The fraction of sp³-hybridized carbons (Fsp3) is 0.214. The Kier molecular flexibility index (Phi) is 5.76. The van der Waals surface area contributed by atoms with Gasteiger partial charge in [-0.2, -0.15) is 0 Å². The maximum atomic E-state index is 15.3. The van der Waals surface area contributed by atoms with E-state index < -0.39 is 0 Å². The van der Waals surface area contributed by atoms with Gasteiger partial charge >= 0.3 is 0 Å². The molecule has 4 aromatic rings. The van der Waals surface area contributed by atoms with Crippen LogP contribution < -0.4 is 0 Å². The predicted octanol–water partition coefficient (Wildman–Crippen LogP) is 8.35. The van der Waals surface area contributed by atoms with Crippen molar-refractivity contribution in [1.82, 2.24) is 0 Å². The van der Waals surface area contributed by atoms with Gasteiger partial charge in [-0.3, -0.25) is 0 Å². The van der Waals surface area contributed by atoms with E-state index in [2.05, 4.69) is 62.4 Å². The Balaban J connectivity index is 1.62. The molecule has 0 heterocycles. The number of hydrogen-bond acceptors (Lipinski definition) is 0. The minimum absolute atomic E-state index is 0.134. The standard InChI is InChI=1S/C28H27F/c1-3-4-5-6-21-9-17-27-25(19-21)16-18-26(28(27)29)24-14-12-23(13-15-24)22-10-7-20(2)8-11-22/h7-19H,3-6H2,1-2H3. The normalized spacial score (nSPS) is 11.1. The van der Waals surface area contributed by atoms with Crippen LogP contribution in [0, 0.1) is 12.7 Å². The van der Waals surface area contributed by atoms with Crippen molar-refractivity contribution < 1.29 is 4.39 Å². The Hall–Kier alpha value is -2.93. The summed E-state index contributed by atoms with van der Waals surface area (Å²) in [5, 5.41) is 1.68. The molecule has 0 saturated heterocycles. The van der Waals surface area contributed by atoms with E-state index >= 15 is 4.39 Å². The zero-order valence-electron chi connectivity index (χ0n) is 17.2. The Morgan fingerprint density at radius 1 is 0.690 bits per heavy atom. The summed E-state index contributed by atoms with van der Waals surface area (Å²) in [4.78, 5) is 0. The van der Waals surface area contributed by atoms with Crippen LogP contribution in [0.3, 0.4) is 0 Å². The van der Waals surface area contributed by atoms with E-state index in [1.165, 1.54) is 36.0 Å². The van der Waals surface area contributed by atoms with Gasteiger partial charge < -0.3 is 0 Å². The monoisotopic (exact) mass is 382 g/mol. The summed E-state index contributed by atoms with van der Waals surface area (Å²) in [5.74, 6) is -0.134. The molecule has 4 aromatic carbocycles. The molecule has 0 saturated carbocycles. The number of halogens is 1. The second-order valence-corrected chi connectivity index (χ2v) is 7.88. The zero-order chi connectivity index (χ0) is 20.2. The number of benzene rings is 4. The lowest BCUT2D eigenvalue weighted by Gasteiger charge is -2.10. The first kappa shape index (κ1) is 19.4. The summed E-state index contributed by atoms with van der Waals surface area (Å²) < 4.78 is 15.3. The molecule has 146 valence electrons. The highest BCUT2D eigenvalue weighted by atomic mass is 19.1. The van der Waals surface area contributed by atoms with E-state index in [4.69, 9.17) is 0 Å². The molecule has 0 atom stereocenters. The van der Waals surface area contributed by atoms with Crippen LogP contribution in [0.4, 0.5) is 4.39 Å². The minimum Gasteiger partial charge on any atom is -0.206 e. The molecule has 0 spiro atoms. The smallest absolute Gasteiger partial charge is 0.138 e. The molecular formula is C28H27F. The average Bonchev–Trinajstić information content (AvgIpc) is 2.75. The fourth-order valence-corrected chi connectivity index (χ4v) is 3.89. The number of aryl methyl sites for hydroxylation is 2. The summed E-state index contributed by atoms with van der Waals surface area (Å²) in [6.45, 7) is 4.30. The molecule has 29 heavy (non-hydrogen) atoms. The van der Waals surface area contributed by atoms with Crippen LogP contribution >= 0.6 is 0 Å². The molecular weight excluding hydrogens is 355 g/mol. The van der Waals surface area contributed by atoms with Gasteiger partial charge in [0.2, 0.25) is 0 Å². The number of rotatable bonds is 6. The SMILES string of the molecule is CCCCCc1ccc2c(F)c(-c3ccc(-c4ccc(C)cc4)cc3)ccc2c1. The van der Waals surface area contributed by atoms with Crippen molar-refractivity contribution in [2.45, 2.75) is 39.5 Å². The molecule has 0 aliphatic heterocycles. The largest absolute Gasteiger partial charge is 0.206 e. The van der Waals surface area contributed by atoms with Gasteiger partial charge in [-0.05, 0) is 47.4 Å². The van der Waals surface area contributed by atoms with E-state index in [1.54, 1.807) is 0 Å². The molecule has 0 radical (unpaired) electrons.